The highest BCUT2D eigenvalue weighted by Gasteiger charge is 2.31. The summed E-state index contributed by atoms with van der Waals surface area (Å²) in [7, 11) is 0. The standard InChI is InChI=1S/C25H22N4O/c1-18-13-22(29-17-26-16-27-29)11-12-23(18)25(30)28-15-21-10-6-5-9-20(21)14-24(28)19-7-3-2-4-8-19/h2-13,16-17,24H,14-15H2,1H3. The molecule has 1 aliphatic heterocycles. The van der Waals surface area contributed by atoms with Gasteiger partial charge in [0.15, 0.2) is 0 Å². The molecule has 5 rings (SSSR count). The normalized spacial score (nSPS) is 15.6. The molecule has 0 fully saturated rings. The maximum Gasteiger partial charge on any atom is 0.254 e. The van der Waals surface area contributed by atoms with Crippen LogP contribution in [0.2, 0.25) is 0 Å². The molecular weight excluding hydrogens is 372 g/mol. The maximum absolute atomic E-state index is 13.7. The third-order valence-corrected chi connectivity index (χ3v) is 5.82. The second kappa shape index (κ2) is 7.59. The minimum Gasteiger partial charge on any atom is -0.327 e. The zero-order valence-corrected chi connectivity index (χ0v) is 16.8. The zero-order chi connectivity index (χ0) is 20.5. The molecule has 1 unspecified atom stereocenters. The summed E-state index contributed by atoms with van der Waals surface area (Å²) in [5.41, 5.74) is 6.24. The quantitative estimate of drug-likeness (QED) is 0.514. The fourth-order valence-corrected chi connectivity index (χ4v) is 4.24. The molecule has 1 amide bonds. The topological polar surface area (TPSA) is 51.0 Å². The molecule has 5 nitrogen and oxygen atoms in total. The van der Waals surface area contributed by atoms with Crippen molar-refractivity contribution in [3.05, 3.63) is 113 Å². The summed E-state index contributed by atoms with van der Waals surface area (Å²) in [6.45, 7) is 2.59. The van der Waals surface area contributed by atoms with E-state index in [0.29, 0.717) is 6.54 Å². The molecule has 3 aromatic carbocycles. The van der Waals surface area contributed by atoms with Crippen LogP contribution < -0.4 is 0 Å². The van der Waals surface area contributed by atoms with Gasteiger partial charge >= 0.3 is 0 Å². The number of fused-ring (bicyclic) bond motifs is 1. The molecule has 0 aliphatic carbocycles. The van der Waals surface area contributed by atoms with Crippen LogP contribution >= 0.6 is 0 Å². The van der Waals surface area contributed by atoms with Crippen LogP contribution in [0, 0.1) is 6.92 Å². The lowest BCUT2D eigenvalue weighted by Gasteiger charge is -2.37. The Balaban J connectivity index is 1.53. The summed E-state index contributed by atoms with van der Waals surface area (Å²) < 4.78 is 1.70. The monoisotopic (exact) mass is 394 g/mol. The van der Waals surface area contributed by atoms with Gasteiger partial charge in [0.05, 0.1) is 11.7 Å². The summed E-state index contributed by atoms with van der Waals surface area (Å²) in [6, 6.07) is 24.5. The smallest absolute Gasteiger partial charge is 0.254 e. The first-order valence-electron chi connectivity index (χ1n) is 10.1. The predicted octanol–water partition coefficient (Wildman–Crippen LogP) is 4.52. The van der Waals surface area contributed by atoms with Gasteiger partial charge in [-0.3, -0.25) is 4.79 Å². The SMILES string of the molecule is Cc1cc(-n2cncn2)ccc1C(=O)N1Cc2ccccc2CC1c1ccccc1. The molecule has 5 heteroatoms. The highest BCUT2D eigenvalue weighted by molar-refractivity contribution is 5.96. The van der Waals surface area contributed by atoms with Gasteiger partial charge in [-0.1, -0.05) is 54.6 Å². The average Bonchev–Trinajstić information content (AvgIpc) is 3.33. The van der Waals surface area contributed by atoms with Crippen LogP contribution in [0.3, 0.4) is 0 Å². The van der Waals surface area contributed by atoms with E-state index >= 15 is 0 Å². The number of nitrogens with zero attached hydrogens (tertiary/aromatic N) is 4. The average molecular weight is 394 g/mol. The van der Waals surface area contributed by atoms with Crippen LogP contribution in [0.15, 0.2) is 85.5 Å². The van der Waals surface area contributed by atoms with E-state index in [4.69, 9.17) is 0 Å². The van der Waals surface area contributed by atoms with Crippen LogP contribution in [-0.2, 0) is 13.0 Å². The number of hydrogen-bond acceptors (Lipinski definition) is 3. The van der Waals surface area contributed by atoms with E-state index in [1.54, 1.807) is 11.0 Å². The highest BCUT2D eigenvalue weighted by atomic mass is 16.2. The Morgan fingerprint density at radius 2 is 1.73 bits per heavy atom. The number of aromatic nitrogens is 3. The Bertz CT molecular complexity index is 1190. The van der Waals surface area contributed by atoms with Crippen molar-refractivity contribution in [1.82, 2.24) is 19.7 Å². The molecule has 148 valence electrons. The van der Waals surface area contributed by atoms with Crippen LogP contribution in [0.1, 0.15) is 38.7 Å². The number of carbonyl (C=O) groups is 1. The number of hydrogen-bond donors (Lipinski definition) is 0. The molecule has 0 N–H and O–H groups in total. The van der Waals surface area contributed by atoms with Gasteiger partial charge in [0, 0.05) is 12.1 Å². The van der Waals surface area contributed by atoms with Crippen molar-refractivity contribution in [3.8, 4) is 5.69 Å². The van der Waals surface area contributed by atoms with Crippen molar-refractivity contribution in [2.75, 3.05) is 0 Å². The number of carbonyl (C=O) groups excluding carboxylic acids is 1. The Hall–Kier alpha value is -3.73. The van der Waals surface area contributed by atoms with E-state index in [-0.39, 0.29) is 11.9 Å². The third kappa shape index (κ3) is 3.28. The molecule has 1 aromatic heterocycles. The summed E-state index contributed by atoms with van der Waals surface area (Å²) in [6.07, 6.45) is 3.98. The number of aryl methyl sites for hydroxylation is 1. The lowest BCUT2D eigenvalue weighted by Crippen LogP contribution is -2.39. The van der Waals surface area contributed by atoms with E-state index < -0.39 is 0 Å². The first kappa shape index (κ1) is 18.3. The number of rotatable bonds is 3. The Labute approximate surface area is 175 Å². The second-order valence-electron chi connectivity index (χ2n) is 7.67. The van der Waals surface area contributed by atoms with Crippen molar-refractivity contribution in [2.24, 2.45) is 0 Å². The Morgan fingerprint density at radius 1 is 0.967 bits per heavy atom. The van der Waals surface area contributed by atoms with E-state index in [1.807, 2.05) is 54.3 Å². The minimum absolute atomic E-state index is 0.0167. The fourth-order valence-electron chi connectivity index (χ4n) is 4.24. The summed E-state index contributed by atoms with van der Waals surface area (Å²) in [5, 5.41) is 4.18. The van der Waals surface area contributed by atoms with E-state index in [2.05, 4.69) is 40.4 Å². The molecule has 0 radical (unpaired) electrons. The third-order valence-electron chi connectivity index (χ3n) is 5.82. The summed E-state index contributed by atoms with van der Waals surface area (Å²) in [4.78, 5) is 19.7. The molecule has 30 heavy (non-hydrogen) atoms. The molecular formula is C25H22N4O. The Morgan fingerprint density at radius 3 is 2.47 bits per heavy atom. The van der Waals surface area contributed by atoms with Crippen LogP contribution in [0.25, 0.3) is 5.69 Å². The largest absolute Gasteiger partial charge is 0.327 e. The lowest BCUT2D eigenvalue weighted by molar-refractivity contribution is 0.0637. The first-order chi connectivity index (χ1) is 14.7. The zero-order valence-electron chi connectivity index (χ0n) is 16.8. The van der Waals surface area contributed by atoms with Gasteiger partial charge in [-0.25, -0.2) is 9.67 Å². The van der Waals surface area contributed by atoms with Gasteiger partial charge in [-0.05, 0) is 53.8 Å². The maximum atomic E-state index is 13.7. The van der Waals surface area contributed by atoms with Crippen LogP contribution in [-0.4, -0.2) is 25.6 Å². The van der Waals surface area contributed by atoms with Gasteiger partial charge in [-0.15, -0.1) is 0 Å². The molecule has 4 aromatic rings. The van der Waals surface area contributed by atoms with E-state index in [0.717, 1.165) is 28.8 Å². The van der Waals surface area contributed by atoms with Gasteiger partial charge < -0.3 is 4.90 Å². The number of benzene rings is 3. The summed E-state index contributed by atoms with van der Waals surface area (Å²) >= 11 is 0. The lowest BCUT2D eigenvalue weighted by atomic mass is 9.89. The van der Waals surface area contributed by atoms with Gasteiger partial charge in [-0.2, -0.15) is 5.10 Å². The van der Waals surface area contributed by atoms with Gasteiger partial charge in [0.2, 0.25) is 0 Å². The van der Waals surface area contributed by atoms with Gasteiger partial charge in [0.25, 0.3) is 5.91 Å². The molecule has 0 spiro atoms. The van der Waals surface area contributed by atoms with Crippen molar-refractivity contribution >= 4 is 5.91 Å². The fraction of sp³-hybridized carbons (Fsp3) is 0.160. The predicted molar refractivity (Wildman–Crippen MR) is 115 cm³/mol. The second-order valence-corrected chi connectivity index (χ2v) is 7.67. The van der Waals surface area contributed by atoms with Crippen molar-refractivity contribution in [1.29, 1.82) is 0 Å². The van der Waals surface area contributed by atoms with Crippen LogP contribution in [0.4, 0.5) is 0 Å². The van der Waals surface area contributed by atoms with Crippen LogP contribution in [0.5, 0.6) is 0 Å². The van der Waals surface area contributed by atoms with Gasteiger partial charge in [0.1, 0.15) is 12.7 Å². The van der Waals surface area contributed by atoms with E-state index in [9.17, 15) is 4.79 Å². The summed E-state index contributed by atoms with van der Waals surface area (Å²) in [5.74, 6) is 0.0565. The molecule has 0 saturated carbocycles. The number of amides is 1. The molecule has 2 heterocycles. The van der Waals surface area contributed by atoms with Crippen molar-refractivity contribution in [2.45, 2.75) is 25.9 Å². The molecule has 0 saturated heterocycles. The van der Waals surface area contributed by atoms with Crippen molar-refractivity contribution < 1.29 is 4.79 Å². The van der Waals surface area contributed by atoms with Crippen molar-refractivity contribution in [3.63, 3.8) is 0 Å². The highest BCUT2D eigenvalue weighted by Crippen LogP contribution is 2.34. The molecule has 1 atom stereocenters. The molecule has 1 aliphatic rings. The van der Waals surface area contributed by atoms with E-state index in [1.165, 1.54) is 17.5 Å². The first-order valence-corrected chi connectivity index (χ1v) is 10.1. The minimum atomic E-state index is 0.0167. The molecule has 0 bridgehead atoms. The Kier molecular flexibility index (Phi) is 4.64.